The van der Waals surface area contributed by atoms with Gasteiger partial charge in [0.2, 0.25) is 0 Å². The van der Waals surface area contributed by atoms with Crippen molar-refractivity contribution >= 4 is 24.2 Å². The van der Waals surface area contributed by atoms with E-state index in [2.05, 4.69) is 54.8 Å². The number of pyridine rings is 1. The van der Waals surface area contributed by atoms with E-state index >= 15 is 0 Å². The Morgan fingerprint density at radius 2 is 2.00 bits per heavy atom. The molecule has 0 aliphatic carbocycles. The van der Waals surface area contributed by atoms with Gasteiger partial charge in [0.25, 0.3) is 0 Å². The lowest BCUT2D eigenvalue weighted by Gasteiger charge is -2.36. The van der Waals surface area contributed by atoms with Crippen LogP contribution in [0.1, 0.15) is 20.8 Å². The molecule has 20 heavy (non-hydrogen) atoms. The van der Waals surface area contributed by atoms with Gasteiger partial charge in [-0.05, 0) is 46.2 Å². The number of aliphatic hydroxyl groups is 1. The lowest BCUT2D eigenvalue weighted by molar-refractivity contribution is 0.0572. The number of halogens is 1. The number of aromatic nitrogens is 1. The Bertz CT molecular complexity index is 435. The zero-order valence-electron chi connectivity index (χ0n) is 12.8. The molecule has 1 atom stereocenters. The van der Waals surface area contributed by atoms with Crippen LogP contribution in [0.2, 0.25) is 18.1 Å². The van der Waals surface area contributed by atoms with Crippen LogP contribution < -0.4 is 4.74 Å². The molecule has 0 aromatic carbocycles. The Labute approximate surface area is 130 Å². The zero-order valence-corrected chi connectivity index (χ0v) is 15.4. The first kappa shape index (κ1) is 17.6. The summed E-state index contributed by atoms with van der Waals surface area (Å²) in [7, 11) is -1.82. The van der Waals surface area contributed by atoms with E-state index in [-0.39, 0.29) is 11.6 Å². The van der Waals surface area contributed by atoms with Crippen LogP contribution in [0, 0.1) is 0 Å². The molecule has 1 N–H and O–H groups in total. The molecule has 0 radical (unpaired) electrons. The van der Waals surface area contributed by atoms with Gasteiger partial charge in [-0.25, -0.2) is 4.98 Å². The van der Waals surface area contributed by atoms with Crippen molar-refractivity contribution in [1.29, 1.82) is 0 Å². The summed E-state index contributed by atoms with van der Waals surface area (Å²) in [6.07, 6.45) is 1.03. The highest BCUT2D eigenvalue weighted by Crippen LogP contribution is 2.36. The van der Waals surface area contributed by atoms with Crippen molar-refractivity contribution < 1.29 is 14.3 Å². The van der Waals surface area contributed by atoms with Gasteiger partial charge in [-0.1, -0.05) is 20.8 Å². The molecule has 0 amide bonds. The highest BCUT2D eigenvalue weighted by molar-refractivity contribution is 9.10. The van der Waals surface area contributed by atoms with E-state index in [0.29, 0.717) is 17.0 Å². The third kappa shape index (κ3) is 5.16. The van der Waals surface area contributed by atoms with Crippen molar-refractivity contribution in [3.8, 4) is 5.75 Å². The highest BCUT2D eigenvalue weighted by atomic mass is 79.9. The molecular weight excluding hydrogens is 338 g/mol. The average molecular weight is 362 g/mol. The average Bonchev–Trinajstić information content (AvgIpc) is 2.34. The summed E-state index contributed by atoms with van der Waals surface area (Å²) in [6, 6.07) is 3.59. The summed E-state index contributed by atoms with van der Waals surface area (Å²) in [5.41, 5.74) is 0. The monoisotopic (exact) mass is 361 g/mol. The fourth-order valence-corrected chi connectivity index (χ4v) is 2.64. The summed E-state index contributed by atoms with van der Waals surface area (Å²) in [6.45, 7) is 11.3. The summed E-state index contributed by atoms with van der Waals surface area (Å²) >= 11 is 3.30. The topological polar surface area (TPSA) is 51.6 Å². The van der Waals surface area contributed by atoms with E-state index in [0.717, 1.165) is 0 Å². The van der Waals surface area contributed by atoms with E-state index in [4.69, 9.17) is 9.16 Å². The van der Waals surface area contributed by atoms with Gasteiger partial charge in [-0.15, -0.1) is 0 Å². The second-order valence-corrected chi connectivity index (χ2v) is 11.9. The number of ether oxygens (including phenoxy) is 1. The van der Waals surface area contributed by atoms with Crippen LogP contribution in [0.15, 0.2) is 22.9 Å². The molecule has 0 aliphatic rings. The molecule has 1 rings (SSSR count). The maximum atomic E-state index is 9.97. The second kappa shape index (κ2) is 7.02. The molecule has 0 bridgehead atoms. The molecule has 1 aromatic heterocycles. The molecule has 0 spiro atoms. The Hall–Kier alpha value is -0.433. The first-order valence-electron chi connectivity index (χ1n) is 6.69. The first-order chi connectivity index (χ1) is 9.13. The molecule has 0 aliphatic heterocycles. The van der Waals surface area contributed by atoms with Gasteiger partial charge < -0.3 is 14.3 Å². The highest BCUT2D eigenvalue weighted by Gasteiger charge is 2.37. The van der Waals surface area contributed by atoms with Gasteiger partial charge >= 0.3 is 0 Å². The van der Waals surface area contributed by atoms with Gasteiger partial charge in [0.05, 0.1) is 6.61 Å². The van der Waals surface area contributed by atoms with E-state index in [1.54, 1.807) is 18.3 Å². The molecule has 1 heterocycles. The van der Waals surface area contributed by atoms with Gasteiger partial charge in [0.1, 0.15) is 17.3 Å². The van der Waals surface area contributed by atoms with E-state index < -0.39 is 14.4 Å². The molecule has 0 saturated carbocycles. The Balaban J connectivity index is 2.42. The first-order valence-corrected chi connectivity index (χ1v) is 10.4. The summed E-state index contributed by atoms with van der Waals surface area (Å²) in [5, 5.41) is 10.1. The normalized spacial score (nSPS) is 14.2. The standard InChI is InChI=1S/C14H24BrNO3Si/c1-14(2,3)20(4,5)19-10-11(17)9-18-12-7-6-8-16-13(12)15/h6-8,11,17H,9-10H2,1-5H3. The van der Waals surface area contributed by atoms with Crippen LogP contribution in [0.3, 0.4) is 0 Å². The number of nitrogens with zero attached hydrogens (tertiary/aromatic N) is 1. The minimum atomic E-state index is -1.82. The van der Waals surface area contributed by atoms with Crippen molar-refractivity contribution in [2.24, 2.45) is 0 Å². The van der Waals surface area contributed by atoms with Crippen molar-refractivity contribution in [3.05, 3.63) is 22.9 Å². The van der Waals surface area contributed by atoms with E-state index in [1.165, 1.54) is 0 Å². The third-order valence-electron chi connectivity index (χ3n) is 3.60. The maximum Gasteiger partial charge on any atom is 0.192 e. The number of hydrogen-bond acceptors (Lipinski definition) is 4. The molecule has 0 saturated heterocycles. The van der Waals surface area contributed by atoms with Crippen molar-refractivity contribution in [2.75, 3.05) is 13.2 Å². The number of aliphatic hydroxyl groups excluding tert-OH is 1. The second-order valence-electron chi connectivity index (χ2n) is 6.33. The summed E-state index contributed by atoms with van der Waals surface area (Å²) in [4.78, 5) is 4.06. The van der Waals surface area contributed by atoms with Crippen LogP contribution in [0.4, 0.5) is 0 Å². The van der Waals surface area contributed by atoms with Gasteiger partial charge in [0, 0.05) is 6.20 Å². The van der Waals surface area contributed by atoms with Gasteiger partial charge in [0.15, 0.2) is 14.1 Å². The maximum absolute atomic E-state index is 9.97. The molecule has 114 valence electrons. The van der Waals surface area contributed by atoms with Crippen molar-refractivity contribution in [3.63, 3.8) is 0 Å². The largest absolute Gasteiger partial charge is 0.488 e. The molecule has 6 heteroatoms. The Kier molecular flexibility index (Phi) is 6.18. The third-order valence-corrected chi connectivity index (χ3v) is 8.70. The molecule has 4 nitrogen and oxygen atoms in total. The number of hydrogen-bond donors (Lipinski definition) is 1. The lowest BCUT2D eigenvalue weighted by atomic mass is 10.2. The zero-order chi connectivity index (χ0) is 15.4. The SMILES string of the molecule is CC(C)(C)[Si](C)(C)OCC(O)COc1cccnc1Br. The molecule has 0 fully saturated rings. The van der Waals surface area contributed by atoms with Crippen LogP contribution >= 0.6 is 15.9 Å². The van der Waals surface area contributed by atoms with Gasteiger partial charge in [-0.2, -0.15) is 0 Å². The molecule has 1 aromatic rings. The minimum absolute atomic E-state index is 0.139. The predicted molar refractivity (Wildman–Crippen MR) is 86.6 cm³/mol. The summed E-state index contributed by atoms with van der Waals surface area (Å²) < 4.78 is 12.1. The predicted octanol–water partition coefficient (Wildman–Crippen LogP) is 3.61. The molecule has 1 unspecified atom stereocenters. The lowest BCUT2D eigenvalue weighted by Crippen LogP contribution is -2.43. The summed E-state index contributed by atoms with van der Waals surface area (Å²) in [5.74, 6) is 0.624. The fourth-order valence-electron chi connectivity index (χ4n) is 1.23. The van der Waals surface area contributed by atoms with Crippen LogP contribution in [-0.2, 0) is 4.43 Å². The quantitative estimate of drug-likeness (QED) is 0.621. The van der Waals surface area contributed by atoms with Crippen LogP contribution in [0.5, 0.6) is 5.75 Å². The number of rotatable bonds is 6. The Morgan fingerprint density at radius 1 is 1.35 bits per heavy atom. The Morgan fingerprint density at radius 3 is 2.55 bits per heavy atom. The van der Waals surface area contributed by atoms with Crippen LogP contribution in [-0.4, -0.2) is 37.7 Å². The minimum Gasteiger partial charge on any atom is -0.488 e. The van der Waals surface area contributed by atoms with E-state index in [1.807, 2.05) is 0 Å². The molecular formula is C14H24BrNO3Si. The smallest absolute Gasteiger partial charge is 0.192 e. The van der Waals surface area contributed by atoms with Crippen molar-refractivity contribution in [1.82, 2.24) is 4.98 Å². The fraction of sp³-hybridized carbons (Fsp3) is 0.643. The van der Waals surface area contributed by atoms with Crippen molar-refractivity contribution in [2.45, 2.75) is 45.0 Å². The van der Waals surface area contributed by atoms with Gasteiger partial charge in [-0.3, -0.25) is 0 Å². The van der Waals surface area contributed by atoms with E-state index in [9.17, 15) is 5.11 Å². The van der Waals surface area contributed by atoms with Crippen LogP contribution in [0.25, 0.3) is 0 Å².